The number of halogens is 2. The number of nitrogen functional groups attached to an aromatic ring is 1. The molecule has 4 heteroatoms. The van der Waals surface area contributed by atoms with Crippen molar-refractivity contribution in [3.63, 3.8) is 0 Å². The van der Waals surface area contributed by atoms with Gasteiger partial charge in [0.25, 0.3) is 0 Å². The van der Waals surface area contributed by atoms with Crippen molar-refractivity contribution >= 4 is 30.6 Å². The van der Waals surface area contributed by atoms with Crippen molar-refractivity contribution in [2.75, 3.05) is 5.73 Å². The molecule has 0 fully saturated rings. The second kappa shape index (κ2) is 2.50. The minimum Gasteiger partial charge on any atom is -0.398 e. The molecular formula is C6H4BClFN. The van der Waals surface area contributed by atoms with Crippen LogP contribution in [-0.4, -0.2) is 7.85 Å². The molecule has 0 amide bonds. The van der Waals surface area contributed by atoms with E-state index in [2.05, 4.69) is 0 Å². The fraction of sp³-hybridized carbons (Fsp3) is 0. The van der Waals surface area contributed by atoms with Crippen molar-refractivity contribution in [3.05, 3.63) is 23.0 Å². The Bertz CT molecular complexity index is 241. The first-order chi connectivity index (χ1) is 4.61. The summed E-state index contributed by atoms with van der Waals surface area (Å²) in [5, 5.41) is 0.150. The third kappa shape index (κ3) is 1.24. The molecule has 2 radical (unpaired) electrons. The van der Waals surface area contributed by atoms with Crippen LogP contribution in [0.5, 0.6) is 0 Å². The maximum Gasteiger partial charge on any atom is 0.124 e. The monoisotopic (exact) mass is 155 g/mol. The van der Waals surface area contributed by atoms with Gasteiger partial charge in [0, 0.05) is 5.69 Å². The van der Waals surface area contributed by atoms with Gasteiger partial charge in [-0.25, -0.2) is 4.39 Å². The van der Waals surface area contributed by atoms with Crippen molar-refractivity contribution in [2.45, 2.75) is 0 Å². The van der Waals surface area contributed by atoms with Gasteiger partial charge in [0.1, 0.15) is 13.7 Å². The Kier molecular flexibility index (Phi) is 1.86. The molecule has 0 spiro atoms. The van der Waals surface area contributed by atoms with Crippen LogP contribution in [0.25, 0.3) is 0 Å². The lowest BCUT2D eigenvalue weighted by Crippen LogP contribution is -2.10. The van der Waals surface area contributed by atoms with Gasteiger partial charge in [0.15, 0.2) is 0 Å². The van der Waals surface area contributed by atoms with Crippen molar-refractivity contribution < 1.29 is 4.39 Å². The first-order valence-electron chi connectivity index (χ1n) is 2.61. The van der Waals surface area contributed by atoms with Gasteiger partial charge in [-0.15, -0.1) is 0 Å². The van der Waals surface area contributed by atoms with E-state index >= 15 is 0 Å². The average Bonchev–Trinajstić information content (AvgIpc) is 1.82. The van der Waals surface area contributed by atoms with Crippen LogP contribution in [0.2, 0.25) is 5.02 Å². The van der Waals surface area contributed by atoms with Gasteiger partial charge in [-0.05, 0) is 12.1 Å². The zero-order valence-electron chi connectivity index (χ0n) is 5.07. The van der Waals surface area contributed by atoms with Crippen LogP contribution < -0.4 is 11.2 Å². The highest BCUT2D eigenvalue weighted by atomic mass is 35.5. The summed E-state index contributed by atoms with van der Waals surface area (Å²) in [6.07, 6.45) is 0. The quantitative estimate of drug-likeness (QED) is 0.436. The molecule has 0 saturated carbocycles. The van der Waals surface area contributed by atoms with Crippen LogP contribution in [-0.2, 0) is 0 Å². The number of benzene rings is 1. The van der Waals surface area contributed by atoms with E-state index in [9.17, 15) is 4.39 Å². The Hall–Kier alpha value is -0.695. The standard InChI is InChI=1S/C6H4BClFN/c7-4-1-3(9)2-5(8)6(4)10/h1-2H,10H2. The maximum absolute atomic E-state index is 12.4. The smallest absolute Gasteiger partial charge is 0.124 e. The summed E-state index contributed by atoms with van der Waals surface area (Å²) in [6, 6.07) is 2.24. The Balaban J connectivity index is 3.31. The van der Waals surface area contributed by atoms with Crippen LogP contribution in [0.3, 0.4) is 0 Å². The van der Waals surface area contributed by atoms with Gasteiger partial charge in [0.05, 0.1) is 5.02 Å². The van der Waals surface area contributed by atoms with Crippen LogP contribution >= 0.6 is 11.6 Å². The zero-order chi connectivity index (χ0) is 7.72. The van der Waals surface area contributed by atoms with Gasteiger partial charge in [-0.2, -0.15) is 0 Å². The summed E-state index contributed by atoms with van der Waals surface area (Å²) in [6.45, 7) is 0. The summed E-state index contributed by atoms with van der Waals surface area (Å²) in [4.78, 5) is 0. The van der Waals surface area contributed by atoms with Crippen molar-refractivity contribution in [1.29, 1.82) is 0 Å². The van der Waals surface area contributed by atoms with Gasteiger partial charge in [0.2, 0.25) is 0 Å². The first-order valence-corrected chi connectivity index (χ1v) is 2.99. The summed E-state index contributed by atoms with van der Waals surface area (Å²) in [5.74, 6) is -0.475. The second-order valence-corrected chi connectivity index (χ2v) is 2.30. The molecule has 10 heavy (non-hydrogen) atoms. The Morgan fingerprint density at radius 2 is 2.10 bits per heavy atom. The highest BCUT2D eigenvalue weighted by molar-refractivity contribution is 6.41. The van der Waals surface area contributed by atoms with E-state index in [0.717, 1.165) is 12.1 Å². The molecule has 0 saturated heterocycles. The largest absolute Gasteiger partial charge is 0.398 e. The van der Waals surface area contributed by atoms with E-state index in [4.69, 9.17) is 25.2 Å². The number of nitrogens with two attached hydrogens (primary N) is 1. The molecule has 0 aliphatic heterocycles. The number of anilines is 1. The third-order valence-corrected chi connectivity index (χ3v) is 1.44. The van der Waals surface area contributed by atoms with Crippen molar-refractivity contribution in [3.8, 4) is 0 Å². The minimum atomic E-state index is -0.475. The molecule has 1 nitrogen and oxygen atoms in total. The van der Waals surface area contributed by atoms with Gasteiger partial charge < -0.3 is 5.73 Å². The van der Waals surface area contributed by atoms with Crippen molar-refractivity contribution in [2.24, 2.45) is 0 Å². The topological polar surface area (TPSA) is 26.0 Å². The molecule has 0 heterocycles. The van der Waals surface area contributed by atoms with Crippen LogP contribution in [0.4, 0.5) is 10.1 Å². The first kappa shape index (κ1) is 7.41. The van der Waals surface area contributed by atoms with E-state index < -0.39 is 5.82 Å². The predicted molar refractivity (Wildman–Crippen MR) is 41.2 cm³/mol. The molecule has 0 aliphatic rings. The molecule has 2 N–H and O–H groups in total. The number of hydrogen-bond acceptors (Lipinski definition) is 1. The van der Waals surface area contributed by atoms with Gasteiger partial charge in [-0.1, -0.05) is 17.1 Å². The van der Waals surface area contributed by atoms with E-state index in [1.807, 2.05) is 0 Å². The summed E-state index contributed by atoms with van der Waals surface area (Å²) >= 11 is 5.47. The van der Waals surface area contributed by atoms with Crippen molar-refractivity contribution in [1.82, 2.24) is 0 Å². The lowest BCUT2D eigenvalue weighted by Gasteiger charge is -2.01. The molecular weight excluding hydrogens is 151 g/mol. The predicted octanol–water partition coefficient (Wildman–Crippen LogP) is 0.855. The van der Waals surface area contributed by atoms with E-state index in [1.54, 1.807) is 0 Å². The van der Waals surface area contributed by atoms with Gasteiger partial charge in [-0.3, -0.25) is 0 Å². The minimum absolute atomic E-state index is 0.150. The summed E-state index contributed by atoms with van der Waals surface area (Å²) in [7, 11) is 5.27. The number of rotatable bonds is 0. The van der Waals surface area contributed by atoms with E-state index in [1.165, 1.54) is 0 Å². The molecule has 0 aliphatic carbocycles. The Morgan fingerprint density at radius 3 is 2.60 bits per heavy atom. The molecule has 1 rings (SSSR count). The maximum atomic E-state index is 12.4. The van der Waals surface area contributed by atoms with Crippen LogP contribution in [0.1, 0.15) is 0 Å². The third-order valence-electron chi connectivity index (χ3n) is 1.13. The summed E-state index contributed by atoms with van der Waals surface area (Å²) in [5.41, 5.74) is 5.72. The lowest BCUT2D eigenvalue weighted by molar-refractivity contribution is 0.629. The van der Waals surface area contributed by atoms with Gasteiger partial charge >= 0.3 is 0 Å². The van der Waals surface area contributed by atoms with E-state index in [-0.39, 0.29) is 16.2 Å². The number of hydrogen-bond donors (Lipinski definition) is 1. The SMILES string of the molecule is [B]c1cc(F)cc(Cl)c1N. The molecule has 0 aromatic heterocycles. The average molecular weight is 155 g/mol. The molecule has 50 valence electrons. The van der Waals surface area contributed by atoms with Crippen LogP contribution in [0.15, 0.2) is 12.1 Å². The molecule has 0 bridgehead atoms. The fourth-order valence-electron chi connectivity index (χ4n) is 0.605. The Morgan fingerprint density at radius 1 is 1.50 bits per heavy atom. The second-order valence-electron chi connectivity index (χ2n) is 1.89. The fourth-order valence-corrected chi connectivity index (χ4v) is 0.818. The normalized spacial score (nSPS) is 9.80. The Labute approximate surface area is 64.4 Å². The molecule has 0 unspecified atom stereocenters. The van der Waals surface area contributed by atoms with Crippen LogP contribution in [0, 0.1) is 5.82 Å². The molecule has 1 aromatic rings. The lowest BCUT2D eigenvalue weighted by atomic mass is 9.94. The molecule has 1 aromatic carbocycles. The highest BCUT2D eigenvalue weighted by Gasteiger charge is 2.00. The highest BCUT2D eigenvalue weighted by Crippen LogP contribution is 2.15. The van der Waals surface area contributed by atoms with E-state index in [0.29, 0.717) is 0 Å². The zero-order valence-corrected chi connectivity index (χ0v) is 5.82. The molecule has 0 atom stereocenters. The summed E-state index contributed by atoms with van der Waals surface area (Å²) < 4.78 is 12.4.